The molecule has 0 bridgehead atoms. The number of fused-ring (bicyclic) bond motifs is 1. The molecule has 0 unspecified atom stereocenters. The van der Waals surface area contributed by atoms with Crippen molar-refractivity contribution in [3.8, 4) is 17.2 Å². The van der Waals surface area contributed by atoms with E-state index in [0.717, 1.165) is 23.3 Å². The molecular formula is C25H22F5N5O2S2. The van der Waals surface area contributed by atoms with Gasteiger partial charge in [-0.15, -0.1) is 10.2 Å². The summed E-state index contributed by atoms with van der Waals surface area (Å²) in [6, 6.07) is 14.4. The average Bonchev–Trinajstić information content (AvgIpc) is 3.30. The number of nitriles is 1. The van der Waals surface area contributed by atoms with Crippen LogP contribution in [0, 0.1) is 11.3 Å². The molecule has 0 radical (unpaired) electrons. The van der Waals surface area contributed by atoms with Gasteiger partial charge in [-0.2, -0.15) is 5.26 Å². The van der Waals surface area contributed by atoms with E-state index in [1.807, 2.05) is 6.07 Å². The Hall–Kier alpha value is -3.70. The van der Waals surface area contributed by atoms with Crippen molar-refractivity contribution >= 4 is 31.4 Å². The predicted octanol–water partition coefficient (Wildman–Crippen LogP) is 7.12. The molecule has 1 fully saturated rings. The van der Waals surface area contributed by atoms with Crippen LogP contribution in [-0.4, -0.2) is 34.3 Å². The van der Waals surface area contributed by atoms with Crippen molar-refractivity contribution in [2.75, 3.05) is 5.32 Å². The first-order chi connectivity index (χ1) is 18.1. The first kappa shape index (κ1) is 26.9. The second kappa shape index (κ2) is 8.65. The Morgan fingerprint density at radius 2 is 1.46 bits per heavy atom. The van der Waals surface area contributed by atoms with Gasteiger partial charge in [0.2, 0.25) is 5.82 Å². The van der Waals surface area contributed by atoms with Crippen molar-refractivity contribution in [1.82, 2.24) is 14.6 Å². The Morgan fingerprint density at radius 1 is 0.846 bits per heavy atom. The molecule has 0 spiro atoms. The maximum atomic E-state index is 13.3. The molecule has 1 aliphatic carbocycles. The van der Waals surface area contributed by atoms with Gasteiger partial charge in [0, 0.05) is 17.9 Å². The molecule has 1 aliphatic rings. The summed E-state index contributed by atoms with van der Waals surface area (Å²) < 4.78 is 92.7. The minimum absolute atomic E-state index is 0.136. The quantitative estimate of drug-likeness (QED) is 0.243. The van der Waals surface area contributed by atoms with Gasteiger partial charge in [0.05, 0.1) is 10.1 Å². The van der Waals surface area contributed by atoms with E-state index in [2.05, 4.69) is 15.5 Å². The van der Waals surface area contributed by atoms with Crippen LogP contribution in [0.2, 0.25) is 0 Å². The van der Waals surface area contributed by atoms with Crippen LogP contribution >= 0.6 is 10.2 Å². The zero-order valence-electron chi connectivity index (χ0n) is 20.1. The second-order valence-electron chi connectivity index (χ2n) is 9.46. The number of benzene rings is 2. The summed E-state index contributed by atoms with van der Waals surface area (Å²) in [5.41, 5.74) is 2.27. The first-order valence-electron chi connectivity index (χ1n) is 11.8. The van der Waals surface area contributed by atoms with Crippen molar-refractivity contribution < 1.29 is 27.8 Å². The van der Waals surface area contributed by atoms with Crippen LogP contribution in [0.3, 0.4) is 0 Å². The van der Waals surface area contributed by atoms with E-state index in [1.54, 1.807) is 34.9 Å². The Labute approximate surface area is 220 Å². The van der Waals surface area contributed by atoms with Gasteiger partial charge in [0.15, 0.2) is 15.5 Å². The molecule has 1 saturated carbocycles. The highest BCUT2D eigenvalue weighted by molar-refractivity contribution is 8.45. The maximum absolute atomic E-state index is 13.3. The number of anilines is 1. The van der Waals surface area contributed by atoms with Crippen LogP contribution in [0.25, 0.3) is 16.8 Å². The number of hydrogen-bond acceptors (Lipinski definition) is 6. The molecule has 2 aromatic heterocycles. The number of pyridine rings is 1. The molecule has 5 rings (SSSR count). The van der Waals surface area contributed by atoms with Crippen molar-refractivity contribution in [2.24, 2.45) is 0 Å². The van der Waals surface area contributed by atoms with Gasteiger partial charge in [-0.05, 0) is 85.3 Å². The minimum Gasteiger partial charge on any atom is -0.382 e. The number of sulfone groups is 1. The van der Waals surface area contributed by atoms with E-state index in [0.29, 0.717) is 43.5 Å². The molecule has 0 aliphatic heterocycles. The number of halogens is 5. The lowest BCUT2D eigenvalue weighted by atomic mass is 9.95. The largest absolute Gasteiger partial charge is 0.382 e. The van der Waals surface area contributed by atoms with E-state index in [1.165, 1.54) is 12.1 Å². The van der Waals surface area contributed by atoms with Gasteiger partial charge < -0.3 is 5.32 Å². The topological polar surface area (TPSA) is 100 Å². The molecular weight excluding hydrogens is 561 g/mol. The van der Waals surface area contributed by atoms with Crippen LogP contribution in [0.4, 0.5) is 25.1 Å². The molecule has 2 heterocycles. The molecule has 0 saturated heterocycles. The van der Waals surface area contributed by atoms with Crippen molar-refractivity contribution in [2.45, 2.75) is 46.8 Å². The summed E-state index contributed by atoms with van der Waals surface area (Å²) in [4.78, 5) is -1.77. The summed E-state index contributed by atoms with van der Waals surface area (Å²) >= 11 is 0. The van der Waals surface area contributed by atoms with Gasteiger partial charge in [-0.25, -0.2) is 8.42 Å². The third-order valence-corrected chi connectivity index (χ3v) is 10.2. The summed E-state index contributed by atoms with van der Waals surface area (Å²) in [7, 11) is -13.4. The first-order valence-corrected chi connectivity index (χ1v) is 15.3. The number of aromatic nitrogens is 3. The average molecular weight is 584 g/mol. The fourth-order valence-corrected chi connectivity index (χ4v) is 7.17. The molecule has 39 heavy (non-hydrogen) atoms. The molecule has 2 aromatic carbocycles. The lowest BCUT2D eigenvalue weighted by Crippen LogP contribution is -2.32. The molecule has 4 aromatic rings. The molecule has 7 nitrogen and oxygen atoms in total. The van der Waals surface area contributed by atoms with Crippen LogP contribution in [0.5, 0.6) is 0 Å². The SMILES string of the molecule is N#Cc1nnc2ccc(-c3ccc(S(=O)(=O)C4CCC(Nc5ccc(S(F)(F)(F)(F)F)cc5)CC4)cc3)cn12. The number of nitrogens with one attached hydrogen (secondary N) is 1. The monoisotopic (exact) mass is 583 g/mol. The molecule has 1 N–H and O–H groups in total. The maximum Gasteiger partial charge on any atom is 0.310 e. The van der Waals surface area contributed by atoms with Crippen LogP contribution in [-0.2, 0) is 9.84 Å². The van der Waals surface area contributed by atoms with Gasteiger partial charge >= 0.3 is 10.2 Å². The third-order valence-electron chi connectivity index (χ3n) is 6.80. The summed E-state index contributed by atoms with van der Waals surface area (Å²) in [5.74, 6) is 0.136. The van der Waals surface area contributed by atoms with Gasteiger partial charge in [0.25, 0.3) is 0 Å². The lowest BCUT2D eigenvalue weighted by Gasteiger charge is -2.40. The Morgan fingerprint density at radius 3 is 2.05 bits per heavy atom. The fourth-order valence-electron chi connectivity index (χ4n) is 4.73. The standard InChI is InChI=1S/C25H22F5N5O2S2/c26-39(27,28,29,30)23-12-6-20(7-13-23)32-19-4-10-22(11-5-19)38(36,37)21-8-1-17(2-9-21)18-3-14-24-33-34-25(15-31)35(24)16-18/h1-3,6-9,12-14,16,19,22,32H,4-5,10-11H2. The Bertz CT molecular complexity index is 1690. The highest BCUT2D eigenvalue weighted by Crippen LogP contribution is 3.02. The summed E-state index contributed by atoms with van der Waals surface area (Å²) in [6.07, 6.45) is 3.28. The predicted molar refractivity (Wildman–Crippen MR) is 138 cm³/mol. The molecule has 14 heteroatoms. The zero-order valence-corrected chi connectivity index (χ0v) is 21.8. The van der Waals surface area contributed by atoms with E-state index in [4.69, 9.17) is 0 Å². The van der Waals surface area contributed by atoms with Crippen molar-refractivity contribution in [3.63, 3.8) is 0 Å². The highest BCUT2D eigenvalue weighted by atomic mass is 32.5. The number of rotatable bonds is 6. The van der Waals surface area contributed by atoms with Crippen molar-refractivity contribution in [3.05, 3.63) is 72.7 Å². The van der Waals surface area contributed by atoms with E-state index < -0.39 is 30.2 Å². The zero-order chi connectivity index (χ0) is 28.1. The molecule has 206 valence electrons. The smallest absolute Gasteiger partial charge is 0.310 e. The normalized spacial score (nSPS) is 20.1. The Balaban J connectivity index is 1.23. The van der Waals surface area contributed by atoms with E-state index in [-0.39, 0.29) is 22.4 Å². The summed E-state index contributed by atoms with van der Waals surface area (Å²) in [6.45, 7) is 0. The van der Waals surface area contributed by atoms with Gasteiger partial charge in [-0.3, -0.25) is 4.40 Å². The van der Waals surface area contributed by atoms with Crippen molar-refractivity contribution in [1.29, 1.82) is 5.26 Å². The Kier molecular flexibility index (Phi) is 5.97. The van der Waals surface area contributed by atoms with E-state index >= 15 is 0 Å². The number of hydrogen-bond donors (Lipinski definition) is 1. The molecule has 0 atom stereocenters. The highest BCUT2D eigenvalue weighted by Gasteiger charge is 2.65. The second-order valence-corrected chi connectivity index (χ2v) is 14.1. The molecule has 0 amide bonds. The van der Waals surface area contributed by atoms with E-state index in [9.17, 15) is 33.1 Å². The van der Waals surface area contributed by atoms with Crippen LogP contribution in [0.15, 0.2) is 76.7 Å². The third kappa shape index (κ3) is 5.55. The van der Waals surface area contributed by atoms with Gasteiger partial charge in [-0.1, -0.05) is 31.6 Å². The minimum atomic E-state index is -9.73. The van der Waals surface area contributed by atoms with Crippen LogP contribution < -0.4 is 5.32 Å². The lowest BCUT2D eigenvalue weighted by molar-refractivity contribution is 0.364. The van der Waals surface area contributed by atoms with Gasteiger partial charge in [0.1, 0.15) is 11.0 Å². The fraction of sp³-hybridized carbons (Fsp3) is 0.240. The summed E-state index contributed by atoms with van der Waals surface area (Å²) in [5, 5.41) is 19.3. The van der Waals surface area contributed by atoms with Crippen LogP contribution in [0.1, 0.15) is 31.5 Å². The number of nitrogens with zero attached hydrogens (tertiary/aromatic N) is 4.